The molecule has 2 N–H and O–H groups in total. The zero-order chi connectivity index (χ0) is 12.4. The highest BCUT2D eigenvalue weighted by Gasteiger charge is 2.28. The smallest absolute Gasteiger partial charge is 0.274 e. The lowest BCUT2D eigenvalue weighted by molar-refractivity contribution is 0.0581. The Morgan fingerprint density at radius 2 is 2.18 bits per heavy atom. The minimum absolute atomic E-state index is 0.0445. The van der Waals surface area contributed by atoms with E-state index in [1.165, 1.54) is 0 Å². The Morgan fingerprint density at radius 3 is 2.76 bits per heavy atom. The minimum Gasteiger partial charge on any atom is -0.382 e. The average molecular weight is 234 g/mol. The van der Waals surface area contributed by atoms with E-state index in [2.05, 4.69) is 24.0 Å². The van der Waals surface area contributed by atoms with Gasteiger partial charge in [-0.25, -0.2) is 0 Å². The largest absolute Gasteiger partial charge is 0.382 e. The molecule has 2 unspecified atom stereocenters. The highest BCUT2D eigenvalue weighted by Crippen LogP contribution is 2.23. The predicted molar refractivity (Wildman–Crippen MR) is 65.3 cm³/mol. The number of nitrogens with zero attached hydrogens (tertiary/aromatic N) is 3. The standard InChI is InChI=1S/C12H18N4O/c1-8-5-6-16(9(2)7-8)12(17)10-3-4-11(13)15-14-10/h3-4,8-9H,5-7H2,1-2H3,(H2,13,15). The lowest BCUT2D eigenvalue weighted by Crippen LogP contribution is -2.44. The van der Waals surface area contributed by atoms with Crippen LogP contribution in [0.2, 0.25) is 0 Å². The van der Waals surface area contributed by atoms with E-state index in [9.17, 15) is 4.79 Å². The van der Waals surface area contributed by atoms with Crippen LogP contribution < -0.4 is 5.73 Å². The second-order valence-electron chi connectivity index (χ2n) is 4.82. The maximum atomic E-state index is 12.2. The molecule has 0 aliphatic carbocycles. The molecule has 1 amide bonds. The van der Waals surface area contributed by atoms with Crippen LogP contribution in [-0.2, 0) is 0 Å². The summed E-state index contributed by atoms with van der Waals surface area (Å²) in [6.07, 6.45) is 2.10. The van der Waals surface area contributed by atoms with Crippen molar-refractivity contribution in [3.8, 4) is 0 Å². The molecule has 0 radical (unpaired) electrons. The second-order valence-corrected chi connectivity index (χ2v) is 4.82. The third kappa shape index (κ3) is 2.54. The van der Waals surface area contributed by atoms with Crippen molar-refractivity contribution in [3.05, 3.63) is 17.8 Å². The zero-order valence-corrected chi connectivity index (χ0v) is 10.3. The molecule has 0 spiro atoms. The molecule has 5 nitrogen and oxygen atoms in total. The molecule has 2 rings (SSSR count). The number of likely N-dealkylation sites (tertiary alicyclic amines) is 1. The van der Waals surface area contributed by atoms with E-state index in [-0.39, 0.29) is 11.9 Å². The van der Waals surface area contributed by atoms with Gasteiger partial charge in [0.05, 0.1) is 0 Å². The van der Waals surface area contributed by atoms with Crippen LogP contribution in [0.25, 0.3) is 0 Å². The molecule has 92 valence electrons. The minimum atomic E-state index is -0.0445. The molecule has 0 saturated carbocycles. The van der Waals surface area contributed by atoms with Crippen molar-refractivity contribution in [1.82, 2.24) is 15.1 Å². The van der Waals surface area contributed by atoms with Gasteiger partial charge in [-0.3, -0.25) is 4.79 Å². The molecule has 5 heteroatoms. The van der Waals surface area contributed by atoms with Gasteiger partial charge in [0, 0.05) is 12.6 Å². The van der Waals surface area contributed by atoms with Crippen LogP contribution in [0.5, 0.6) is 0 Å². The van der Waals surface area contributed by atoms with Crippen LogP contribution in [0.3, 0.4) is 0 Å². The normalized spacial score (nSPS) is 24.7. The maximum Gasteiger partial charge on any atom is 0.274 e. The first-order valence-electron chi connectivity index (χ1n) is 5.98. The van der Waals surface area contributed by atoms with Gasteiger partial charge in [0.2, 0.25) is 0 Å². The fraction of sp³-hybridized carbons (Fsp3) is 0.583. The number of hydrogen-bond donors (Lipinski definition) is 1. The van der Waals surface area contributed by atoms with E-state index in [1.807, 2.05) is 4.90 Å². The number of carbonyl (C=O) groups excluding carboxylic acids is 1. The van der Waals surface area contributed by atoms with E-state index in [0.717, 1.165) is 19.4 Å². The highest BCUT2D eigenvalue weighted by molar-refractivity contribution is 5.92. The molecule has 2 atom stereocenters. The van der Waals surface area contributed by atoms with Gasteiger partial charge in [-0.2, -0.15) is 0 Å². The van der Waals surface area contributed by atoms with Crippen LogP contribution in [0, 0.1) is 5.92 Å². The van der Waals surface area contributed by atoms with Crippen molar-refractivity contribution >= 4 is 11.7 Å². The summed E-state index contributed by atoms with van der Waals surface area (Å²) in [5.41, 5.74) is 5.83. The van der Waals surface area contributed by atoms with Crippen molar-refractivity contribution in [2.45, 2.75) is 32.7 Å². The fourth-order valence-corrected chi connectivity index (χ4v) is 2.31. The second kappa shape index (κ2) is 4.69. The van der Waals surface area contributed by atoms with E-state index in [0.29, 0.717) is 17.4 Å². The van der Waals surface area contributed by atoms with Gasteiger partial charge >= 0.3 is 0 Å². The highest BCUT2D eigenvalue weighted by atomic mass is 16.2. The van der Waals surface area contributed by atoms with Crippen LogP contribution in [-0.4, -0.2) is 33.6 Å². The topological polar surface area (TPSA) is 72.1 Å². The molecule has 1 fully saturated rings. The molecule has 2 heterocycles. The summed E-state index contributed by atoms with van der Waals surface area (Å²) < 4.78 is 0. The molecule has 1 saturated heterocycles. The Morgan fingerprint density at radius 1 is 1.41 bits per heavy atom. The number of nitrogens with two attached hydrogens (primary N) is 1. The number of aromatic nitrogens is 2. The van der Waals surface area contributed by atoms with Gasteiger partial charge in [-0.15, -0.1) is 10.2 Å². The summed E-state index contributed by atoms with van der Waals surface area (Å²) in [5.74, 6) is 0.977. The van der Waals surface area contributed by atoms with Gasteiger partial charge in [0.1, 0.15) is 5.82 Å². The van der Waals surface area contributed by atoms with E-state index < -0.39 is 0 Å². The lowest BCUT2D eigenvalue weighted by Gasteiger charge is -2.36. The molecule has 0 aromatic carbocycles. The van der Waals surface area contributed by atoms with Gasteiger partial charge in [-0.1, -0.05) is 6.92 Å². The lowest BCUT2D eigenvalue weighted by atomic mass is 9.93. The summed E-state index contributed by atoms with van der Waals surface area (Å²) in [6, 6.07) is 3.51. The number of rotatable bonds is 1. The summed E-state index contributed by atoms with van der Waals surface area (Å²) in [5, 5.41) is 7.56. The SMILES string of the molecule is CC1CCN(C(=O)c2ccc(N)nn2)C(C)C1. The maximum absolute atomic E-state index is 12.2. The summed E-state index contributed by atoms with van der Waals surface area (Å²) in [6.45, 7) is 5.10. The molecule has 1 aromatic rings. The molecular formula is C12H18N4O. The average Bonchev–Trinajstić information content (AvgIpc) is 2.29. The Kier molecular flexibility index (Phi) is 3.26. The van der Waals surface area contributed by atoms with Crippen molar-refractivity contribution in [2.24, 2.45) is 5.92 Å². The van der Waals surface area contributed by atoms with Gasteiger partial charge in [0.25, 0.3) is 5.91 Å². The Balaban J connectivity index is 2.12. The summed E-state index contributed by atoms with van der Waals surface area (Å²) in [4.78, 5) is 14.1. The first-order valence-corrected chi connectivity index (χ1v) is 5.98. The van der Waals surface area contributed by atoms with Crippen LogP contribution in [0.4, 0.5) is 5.82 Å². The van der Waals surface area contributed by atoms with Crippen molar-refractivity contribution < 1.29 is 4.79 Å². The first kappa shape index (κ1) is 11.8. The molecule has 17 heavy (non-hydrogen) atoms. The van der Waals surface area contributed by atoms with Crippen molar-refractivity contribution in [1.29, 1.82) is 0 Å². The predicted octanol–water partition coefficient (Wildman–Crippen LogP) is 1.32. The quantitative estimate of drug-likeness (QED) is 0.795. The third-order valence-corrected chi connectivity index (χ3v) is 3.30. The number of piperidine rings is 1. The van der Waals surface area contributed by atoms with E-state index in [1.54, 1.807) is 12.1 Å². The fourth-order valence-electron chi connectivity index (χ4n) is 2.31. The summed E-state index contributed by atoms with van der Waals surface area (Å²) >= 11 is 0. The zero-order valence-electron chi connectivity index (χ0n) is 10.3. The van der Waals surface area contributed by atoms with Gasteiger partial charge in [-0.05, 0) is 37.8 Å². The Hall–Kier alpha value is -1.65. The van der Waals surface area contributed by atoms with Crippen LogP contribution in [0.15, 0.2) is 12.1 Å². The van der Waals surface area contributed by atoms with Gasteiger partial charge < -0.3 is 10.6 Å². The molecule has 1 aliphatic heterocycles. The van der Waals surface area contributed by atoms with Crippen LogP contribution in [0.1, 0.15) is 37.2 Å². The molecule has 1 aliphatic rings. The molecular weight excluding hydrogens is 216 g/mol. The number of nitrogen functional groups attached to an aromatic ring is 1. The van der Waals surface area contributed by atoms with Crippen molar-refractivity contribution in [3.63, 3.8) is 0 Å². The third-order valence-electron chi connectivity index (χ3n) is 3.30. The molecule has 0 bridgehead atoms. The Labute approximate surface area is 101 Å². The number of carbonyl (C=O) groups is 1. The monoisotopic (exact) mass is 234 g/mol. The Bertz CT molecular complexity index is 403. The first-order chi connectivity index (χ1) is 8.08. The summed E-state index contributed by atoms with van der Waals surface area (Å²) in [7, 11) is 0. The van der Waals surface area contributed by atoms with E-state index in [4.69, 9.17) is 5.73 Å². The van der Waals surface area contributed by atoms with Crippen LogP contribution >= 0.6 is 0 Å². The molecule has 1 aromatic heterocycles. The van der Waals surface area contributed by atoms with E-state index >= 15 is 0 Å². The number of hydrogen-bond acceptors (Lipinski definition) is 4. The number of amides is 1. The van der Waals surface area contributed by atoms with Crippen molar-refractivity contribution in [2.75, 3.05) is 12.3 Å². The van der Waals surface area contributed by atoms with Gasteiger partial charge in [0.15, 0.2) is 5.69 Å². The number of anilines is 1.